The van der Waals surface area contributed by atoms with Crippen LogP contribution in [0.1, 0.15) is 45.4 Å². The predicted molar refractivity (Wildman–Crippen MR) is 122 cm³/mol. The smallest absolute Gasteiger partial charge is 0.0843 e. The molecule has 0 bridgehead atoms. The summed E-state index contributed by atoms with van der Waals surface area (Å²) in [6.07, 6.45) is 7.24. The number of unbranched alkanes of at least 4 members (excludes halogenated alkanes) is 5. The van der Waals surface area contributed by atoms with Crippen molar-refractivity contribution in [2.24, 2.45) is 0 Å². The van der Waals surface area contributed by atoms with Gasteiger partial charge in [0, 0.05) is 38.4 Å². The average Bonchev–Trinajstić information content (AvgIpc) is 2.96. The van der Waals surface area contributed by atoms with E-state index in [2.05, 4.69) is 16.8 Å². The quantitative estimate of drug-likeness (QED) is 0.351. The van der Waals surface area contributed by atoms with Crippen molar-refractivity contribution < 1.29 is 5.11 Å². The highest BCUT2D eigenvalue weighted by molar-refractivity contribution is 6.33. The van der Waals surface area contributed by atoms with Gasteiger partial charge in [0.05, 0.1) is 12.6 Å². The lowest BCUT2D eigenvalue weighted by Crippen LogP contribution is -2.30. The van der Waals surface area contributed by atoms with E-state index in [-0.39, 0.29) is 0 Å². The molecule has 1 atom stereocenters. The third kappa shape index (κ3) is 5.42. The molecule has 3 aromatic rings. The SMILES string of the molecule is CCCCCCCCNCC(O)Cn1c2ccc(Cl)cc2c2cc(Cl)ccc21. The Balaban J connectivity index is 1.62. The van der Waals surface area contributed by atoms with Gasteiger partial charge < -0.3 is 15.0 Å². The summed E-state index contributed by atoms with van der Waals surface area (Å²) in [5.74, 6) is 0. The van der Waals surface area contributed by atoms with Gasteiger partial charge in [-0.2, -0.15) is 0 Å². The monoisotopic (exact) mass is 420 g/mol. The van der Waals surface area contributed by atoms with Crippen LogP contribution in [0.2, 0.25) is 10.0 Å². The van der Waals surface area contributed by atoms with E-state index in [4.69, 9.17) is 23.2 Å². The van der Waals surface area contributed by atoms with Crippen molar-refractivity contribution in [3.8, 4) is 0 Å². The lowest BCUT2D eigenvalue weighted by atomic mass is 10.1. The van der Waals surface area contributed by atoms with Crippen LogP contribution >= 0.6 is 23.2 Å². The van der Waals surface area contributed by atoms with Crippen LogP contribution in [0.4, 0.5) is 0 Å². The van der Waals surface area contributed by atoms with Crippen LogP contribution in [0.3, 0.4) is 0 Å². The summed E-state index contributed by atoms with van der Waals surface area (Å²) in [7, 11) is 0. The van der Waals surface area contributed by atoms with Crippen LogP contribution in [0.5, 0.6) is 0 Å². The normalized spacial score (nSPS) is 12.9. The van der Waals surface area contributed by atoms with E-state index < -0.39 is 6.10 Å². The molecule has 0 fully saturated rings. The molecule has 0 spiro atoms. The maximum atomic E-state index is 10.6. The van der Waals surface area contributed by atoms with E-state index >= 15 is 0 Å². The molecule has 5 heteroatoms. The van der Waals surface area contributed by atoms with Gasteiger partial charge in [0.25, 0.3) is 0 Å². The minimum Gasteiger partial charge on any atom is -0.390 e. The van der Waals surface area contributed by atoms with Crippen molar-refractivity contribution in [3.05, 3.63) is 46.4 Å². The summed E-state index contributed by atoms with van der Waals surface area (Å²) in [6, 6.07) is 11.8. The number of nitrogens with one attached hydrogen (secondary N) is 1. The van der Waals surface area contributed by atoms with Gasteiger partial charge in [0.1, 0.15) is 0 Å². The molecule has 0 amide bonds. The molecular weight excluding hydrogens is 391 g/mol. The van der Waals surface area contributed by atoms with Gasteiger partial charge in [-0.05, 0) is 49.4 Å². The van der Waals surface area contributed by atoms with Crippen molar-refractivity contribution in [3.63, 3.8) is 0 Å². The van der Waals surface area contributed by atoms with Crippen LogP contribution in [0.15, 0.2) is 36.4 Å². The van der Waals surface area contributed by atoms with E-state index in [1.165, 1.54) is 38.5 Å². The largest absolute Gasteiger partial charge is 0.390 e. The second-order valence-corrected chi connectivity index (χ2v) is 8.43. The summed E-state index contributed by atoms with van der Waals surface area (Å²) in [4.78, 5) is 0. The van der Waals surface area contributed by atoms with E-state index in [1.54, 1.807) is 0 Å². The fourth-order valence-electron chi connectivity index (χ4n) is 3.82. The first-order valence-corrected chi connectivity index (χ1v) is 11.1. The Morgan fingerprint density at radius 1 is 0.893 bits per heavy atom. The van der Waals surface area contributed by atoms with Crippen LogP contribution in [0.25, 0.3) is 21.8 Å². The molecule has 0 saturated carbocycles. The standard InChI is InChI=1S/C23H30Cl2N2O/c1-2-3-4-5-6-7-12-26-15-19(28)16-27-22-10-8-17(24)13-20(22)21-14-18(25)9-11-23(21)27/h8-11,13-14,19,26,28H,2-7,12,15-16H2,1H3. The van der Waals surface area contributed by atoms with Crippen LogP contribution in [-0.2, 0) is 6.54 Å². The highest BCUT2D eigenvalue weighted by Crippen LogP contribution is 2.32. The second kappa shape index (κ2) is 10.5. The number of aromatic nitrogens is 1. The minimum absolute atomic E-state index is 0.453. The molecular formula is C23H30Cl2N2O. The minimum atomic E-state index is -0.453. The predicted octanol–water partition coefficient (Wildman–Crippen LogP) is 6.41. The fraction of sp³-hybridized carbons (Fsp3) is 0.478. The van der Waals surface area contributed by atoms with Crippen LogP contribution in [-0.4, -0.2) is 28.9 Å². The number of benzene rings is 2. The molecule has 3 rings (SSSR count). The second-order valence-electron chi connectivity index (χ2n) is 7.56. The van der Waals surface area contributed by atoms with Crippen LogP contribution in [0, 0.1) is 0 Å². The number of nitrogens with zero attached hydrogens (tertiary/aromatic N) is 1. The van der Waals surface area contributed by atoms with Crippen molar-refractivity contribution in [2.75, 3.05) is 13.1 Å². The van der Waals surface area contributed by atoms with Crippen molar-refractivity contribution in [1.82, 2.24) is 9.88 Å². The molecule has 0 saturated heterocycles. The molecule has 0 aliphatic carbocycles. The number of rotatable bonds is 11. The van der Waals surface area contributed by atoms with E-state index in [0.29, 0.717) is 23.1 Å². The summed E-state index contributed by atoms with van der Waals surface area (Å²) in [5, 5.41) is 17.5. The zero-order valence-corrected chi connectivity index (χ0v) is 18.1. The van der Waals surface area contributed by atoms with Crippen molar-refractivity contribution in [1.29, 1.82) is 0 Å². The number of aliphatic hydroxyl groups excluding tert-OH is 1. The number of hydrogen-bond acceptors (Lipinski definition) is 2. The highest BCUT2D eigenvalue weighted by Gasteiger charge is 2.14. The van der Waals surface area contributed by atoms with Gasteiger partial charge in [-0.1, -0.05) is 62.2 Å². The molecule has 0 aliphatic heterocycles. The summed E-state index contributed by atoms with van der Waals surface area (Å²) >= 11 is 12.4. The lowest BCUT2D eigenvalue weighted by Gasteiger charge is -2.15. The molecule has 28 heavy (non-hydrogen) atoms. The molecule has 0 aliphatic rings. The Labute approximate surface area is 177 Å². The number of aliphatic hydroxyl groups is 1. The molecule has 1 aromatic heterocycles. The van der Waals surface area contributed by atoms with E-state index in [1.807, 2.05) is 36.4 Å². The van der Waals surface area contributed by atoms with Gasteiger partial charge in [-0.3, -0.25) is 0 Å². The van der Waals surface area contributed by atoms with Gasteiger partial charge >= 0.3 is 0 Å². The maximum Gasteiger partial charge on any atom is 0.0843 e. The van der Waals surface area contributed by atoms with Crippen molar-refractivity contribution >= 4 is 45.0 Å². The van der Waals surface area contributed by atoms with Gasteiger partial charge in [0.2, 0.25) is 0 Å². The Morgan fingerprint density at radius 3 is 2.07 bits per heavy atom. The zero-order valence-electron chi connectivity index (χ0n) is 16.6. The van der Waals surface area contributed by atoms with Gasteiger partial charge in [0.15, 0.2) is 0 Å². The maximum absolute atomic E-state index is 10.6. The zero-order chi connectivity index (χ0) is 19.9. The summed E-state index contributed by atoms with van der Waals surface area (Å²) in [6.45, 7) is 4.33. The average molecular weight is 421 g/mol. The van der Waals surface area contributed by atoms with Crippen LogP contribution < -0.4 is 5.32 Å². The molecule has 1 heterocycles. The van der Waals surface area contributed by atoms with Crippen molar-refractivity contribution in [2.45, 2.75) is 58.1 Å². The molecule has 1 unspecified atom stereocenters. The Morgan fingerprint density at radius 2 is 1.46 bits per heavy atom. The number of fused-ring (bicyclic) bond motifs is 3. The summed E-state index contributed by atoms with van der Waals surface area (Å²) in [5.41, 5.74) is 2.13. The molecule has 2 N–H and O–H groups in total. The molecule has 0 radical (unpaired) electrons. The van der Waals surface area contributed by atoms with E-state index in [9.17, 15) is 5.11 Å². The summed E-state index contributed by atoms with van der Waals surface area (Å²) < 4.78 is 2.16. The Bertz CT molecular complexity index is 847. The Kier molecular flexibility index (Phi) is 8.04. The third-order valence-electron chi connectivity index (χ3n) is 5.27. The molecule has 2 aromatic carbocycles. The first kappa shape index (κ1) is 21.4. The van der Waals surface area contributed by atoms with Gasteiger partial charge in [-0.25, -0.2) is 0 Å². The van der Waals surface area contributed by atoms with E-state index in [0.717, 1.165) is 28.4 Å². The molecule has 3 nitrogen and oxygen atoms in total. The fourth-order valence-corrected chi connectivity index (χ4v) is 4.16. The number of hydrogen-bond donors (Lipinski definition) is 2. The first-order chi connectivity index (χ1) is 13.6. The van der Waals surface area contributed by atoms with Gasteiger partial charge in [-0.15, -0.1) is 0 Å². The first-order valence-electron chi connectivity index (χ1n) is 10.4. The molecule has 152 valence electrons. The number of halogens is 2. The third-order valence-corrected chi connectivity index (χ3v) is 5.74. The highest BCUT2D eigenvalue weighted by atomic mass is 35.5. The lowest BCUT2D eigenvalue weighted by molar-refractivity contribution is 0.154. The Hall–Kier alpha value is -1.26. The topological polar surface area (TPSA) is 37.2 Å².